The highest BCUT2D eigenvalue weighted by Crippen LogP contribution is 2.37. The van der Waals surface area contributed by atoms with Crippen LogP contribution in [0.25, 0.3) is 23.4 Å². The van der Waals surface area contributed by atoms with Gasteiger partial charge in [-0.2, -0.15) is 4.68 Å². The zero-order valence-corrected chi connectivity index (χ0v) is 20.5. The van der Waals surface area contributed by atoms with Crippen molar-refractivity contribution in [2.75, 3.05) is 27.4 Å². The molecule has 0 aliphatic rings. The van der Waals surface area contributed by atoms with Crippen LogP contribution >= 0.6 is 0 Å². The summed E-state index contributed by atoms with van der Waals surface area (Å²) in [5, 5.41) is 10.8. The van der Waals surface area contributed by atoms with Gasteiger partial charge in [0.15, 0.2) is 0 Å². The number of ether oxygens (including phenoxy) is 3. The molecule has 8 heteroatoms. The fraction of sp³-hybridized carbons (Fsp3) is 0.296. The van der Waals surface area contributed by atoms with Gasteiger partial charge in [0.25, 0.3) is 0 Å². The summed E-state index contributed by atoms with van der Waals surface area (Å²) in [4.78, 5) is 12.7. The minimum absolute atomic E-state index is 0.351. The predicted octanol–water partition coefficient (Wildman–Crippen LogP) is 5.45. The monoisotopic (exact) mass is 476 g/mol. The lowest BCUT2D eigenvalue weighted by molar-refractivity contribution is 0.239. The zero-order chi connectivity index (χ0) is 25.0. The Bertz CT molecular complexity index is 1150. The Morgan fingerprint density at radius 2 is 1.91 bits per heavy atom. The highest BCUT2D eigenvalue weighted by molar-refractivity contribution is 5.88. The summed E-state index contributed by atoms with van der Waals surface area (Å²) in [6.07, 6.45) is 10.0. The molecule has 0 radical (unpaired) electrons. The molecule has 0 atom stereocenters. The normalized spacial score (nSPS) is 10.8. The molecular formula is C27H32N4O4. The molecule has 1 heterocycles. The Kier molecular flexibility index (Phi) is 9.48. The van der Waals surface area contributed by atoms with E-state index in [0.29, 0.717) is 35.9 Å². The van der Waals surface area contributed by atoms with Crippen LogP contribution in [0, 0.1) is 0 Å². The first-order valence-corrected chi connectivity index (χ1v) is 11.6. The van der Waals surface area contributed by atoms with Crippen molar-refractivity contribution in [2.24, 2.45) is 0 Å². The first-order valence-electron chi connectivity index (χ1n) is 11.6. The van der Waals surface area contributed by atoms with Crippen molar-refractivity contribution in [3.63, 3.8) is 0 Å². The molecule has 0 fully saturated rings. The lowest BCUT2D eigenvalue weighted by Crippen LogP contribution is -2.30. The van der Waals surface area contributed by atoms with Crippen molar-refractivity contribution in [1.29, 1.82) is 0 Å². The summed E-state index contributed by atoms with van der Waals surface area (Å²) in [6.45, 7) is 6.90. The van der Waals surface area contributed by atoms with E-state index in [1.165, 1.54) is 4.68 Å². The first kappa shape index (κ1) is 25.6. The summed E-state index contributed by atoms with van der Waals surface area (Å²) >= 11 is 0. The van der Waals surface area contributed by atoms with Gasteiger partial charge in [-0.05, 0) is 48.6 Å². The molecule has 0 spiro atoms. The van der Waals surface area contributed by atoms with Crippen molar-refractivity contribution in [1.82, 2.24) is 20.3 Å². The second-order valence-electron chi connectivity index (χ2n) is 7.74. The predicted molar refractivity (Wildman–Crippen MR) is 138 cm³/mol. The fourth-order valence-corrected chi connectivity index (χ4v) is 3.44. The molecule has 1 N–H and O–H groups in total. The smallest absolute Gasteiger partial charge is 0.344 e. The van der Waals surface area contributed by atoms with Gasteiger partial charge in [-0.25, -0.2) is 4.79 Å². The Labute approximate surface area is 206 Å². The number of amides is 1. The number of methoxy groups -OCH3 is 2. The lowest BCUT2D eigenvalue weighted by Gasteiger charge is -2.15. The number of hydrogen-bond acceptors (Lipinski definition) is 6. The molecule has 0 aliphatic carbocycles. The molecule has 1 amide bonds. The van der Waals surface area contributed by atoms with Crippen LogP contribution < -0.4 is 19.5 Å². The number of unbranched alkanes of at least 4 members (excludes halogenated alkanes) is 1. The summed E-state index contributed by atoms with van der Waals surface area (Å²) < 4.78 is 18.1. The number of carbonyl (C=O) groups is 1. The van der Waals surface area contributed by atoms with Gasteiger partial charge in [0.2, 0.25) is 0 Å². The van der Waals surface area contributed by atoms with Gasteiger partial charge in [-0.15, -0.1) is 11.7 Å². The number of hydrogen-bond donors (Lipinski definition) is 1. The minimum Gasteiger partial charge on any atom is -0.497 e. The molecule has 2 aromatic carbocycles. The molecule has 0 bridgehead atoms. The van der Waals surface area contributed by atoms with E-state index in [4.69, 9.17) is 14.2 Å². The Morgan fingerprint density at radius 1 is 1.11 bits per heavy atom. The molecule has 0 saturated carbocycles. The van der Waals surface area contributed by atoms with Gasteiger partial charge in [0, 0.05) is 12.6 Å². The molecule has 3 rings (SSSR count). The molecule has 3 aromatic rings. The van der Waals surface area contributed by atoms with E-state index < -0.39 is 0 Å². The van der Waals surface area contributed by atoms with Gasteiger partial charge in [0.05, 0.1) is 32.6 Å². The second-order valence-corrected chi connectivity index (χ2v) is 7.74. The zero-order valence-electron chi connectivity index (χ0n) is 20.5. The molecule has 0 unspecified atom stereocenters. The van der Waals surface area contributed by atoms with E-state index in [1.54, 1.807) is 26.5 Å². The van der Waals surface area contributed by atoms with E-state index in [9.17, 15) is 4.79 Å². The van der Waals surface area contributed by atoms with E-state index in [0.717, 1.165) is 36.1 Å². The van der Waals surface area contributed by atoms with Crippen LogP contribution in [0.5, 0.6) is 17.2 Å². The van der Waals surface area contributed by atoms with Gasteiger partial charge < -0.3 is 19.5 Å². The minimum atomic E-state index is -0.351. The highest BCUT2D eigenvalue weighted by Gasteiger charge is 2.20. The van der Waals surface area contributed by atoms with Gasteiger partial charge in [0.1, 0.15) is 22.9 Å². The molecule has 184 valence electrons. The van der Waals surface area contributed by atoms with E-state index >= 15 is 0 Å². The average molecular weight is 477 g/mol. The average Bonchev–Trinajstić information content (AvgIpc) is 3.38. The van der Waals surface area contributed by atoms with Gasteiger partial charge in [-0.1, -0.05) is 42.5 Å². The van der Waals surface area contributed by atoms with Crippen molar-refractivity contribution in [3.8, 4) is 28.5 Å². The number of aromatic nitrogens is 3. The maximum atomic E-state index is 12.7. The molecular weight excluding hydrogens is 444 g/mol. The maximum absolute atomic E-state index is 12.7. The van der Waals surface area contributed by atoms with Crippen molar-refractivity contribution in [3.05, 3.63) is 66.4 Å². The largest absolute Gasteiger partial charge is 0.497 e. The van der Waals surface area contributed by atoms with Crippen LogP contribution in [0.2, 0.25) is 0 Å². The number of nitrogens with zero attached hydrogens (tertiary/aromatic N) is 3. The number of nitrogens with one attached hydrogen (secondary N) is 1. The standard InChI is InChI=1S/C27H32N4O4/c1-5-7-8-16-35-22-13-10-20(11-14-22)9-12-21-17-23(33-3)18-25(34-4)26(21)24-19-29-30-31(24)27(32)28-15-6-2/h5,9-14,17-19H,1,6-8,15-16H2,2-4H3,(H,28,32)/b12-9+. The fourth-order valence-electron chi connectivity index (χ4n) is 3.44. The number of rotatable bonds is 12. The molecule has 8 nitrogen and oxygen atoms in total. The second kappa shape index (κ2) is 13.0. The third-order valence-corrected chi connectivity index (χ3v) is 5.24. The van der Waals surface area contributed by atoms with Crippen LogP contribution in [0.4, 0.5) is 4.79 Å². The van der Waals surface area contributed by atoms with Crippen molar-refractivity contribution >= 4 is 18.2 Å². The topological polar surface area (TPSA) is 87.5 Å². The third-order valence-electron chi connectivity index (χ3n) is 5.24. The Morgan fingerprint density at radius 3 is 2.60 bits per heavy atom. The Hall–Kier alpha value is -4.07. The van der Waals surface area contributed by atoms with E-state index in [2.05, 4.69) is 22.2 Å². The van der Waals surface area contributed by atoms with Crippen LogP contribution in [0.15, 0.2) is 55.3 Å². The maximum Gasteiger partial charge on any atom is 0.344 e. The highest BCUT2D eigenvalue weighted by atomic mass is 16.5. The number of benzene rings is 2. The van der Waals surface area contributed by atoms with Gasteiger partial charge >= 0.3 is 6.03 Å². The quantitative estimate of drug-likeness (QED) is 0.213. The molecule has 0 aliphatic heterocycles. The summed E-state index contributed by atoms with van der Waals surface area (Å²) in [5.74, 6) is 1.99. The van der Waals surface area contributed by atoms with Gasteiger partial charge in [-0.3, -0.25) is 0 Å². The summed E-state index contributed by atoms with van der Waals surface area (Å²) in [5.41, 5.74) is 2.98. The lowest BCUT2D eigenvalue weighted by atomic mass is 10.0. The molecule has 35 heavy (non-hydrogen) atoms. The van der Waals surface area contributed by atoms with E-state index in [-0.39, 0.29) is 6.03 Å². The molecule has 0 saturated heterocycles. The summed E-state index contributed by atoms with van der Waals surface area (Å²) in [6, 6.07) is 11.2. The van der Waals surface area contributed by atoms with Crippen LogP contribution in [-0.4, -0.2) is 48.4 Å². The third kappa shape index (κ3) is 6.72. The van der Waals surface area contributed by atoms with E-state index in [1.807, 2.05) is 55.5 Å². The van der Waals surface area contributed by atoms with Crippen LogP contribution in [0.1, 0.15) is 37.3 Å². The SMILES string of the molecule is C=CCCCOc1ccc(/C=C/c2cc(OC)cc(OC)c2-c2cnnn2C(=O)NCCC)cc1. The van der Waals surface area contributed by atoms with Crippen LogP contribution in [-0.2, 0) is 0 Å². The number of allylic oxidation sites excluding steroid dienone is 1. The van der Waals surface area contributed by atoms with Crippen molar-refractivity contribution < 1.29 is 19.0 Å². The molecule has 1 aromatic heterocycles. The summed E-state index contributed by atoms with van der Waals surface area (Å²) in [7, 11) is 3.17. The Balaban J connectivity index is 1.93. The van der Waals surface area contributed by atoms with Crippen molar-refractivity contribution in [2.45, 2.75) is 26.2 Å². The van der Waals surface area contributed by atoms with Crippen LogP contribution in [0.3, 0.4) is 0 Å². The first-order chi connectivity index (χ1) is 17.1. The number of carbonyl (C=O) groups excluding carboxylic acids is 1.